The number of carbonyl (C=O) groups excluding carboxylic acids is 1. The Balaban J connectivity index is 1.66. The van der Waals surface area contributed by atoms with Crippen LogP contribution in [-0.2, 0) is 11.8 Å². The van der Waals surface area contributed by atoms with Gasteiger partial charge in [0, 0.05) is 20.1 Å². The predicted molar refractivity (Wildman–Crippen MR) is 103 cm³/mol. The van der Waals surface area contributed by atoms with Crippen molar-refractivity contribution in [2.45, 2.75) is 37.3 Å². The molecular formula is C19H26N4O2S. The summed E-state index contributed by atoms with van der Waals surface area (Å²) >= 11 is 1.45. The molecule has 0 saturated carbocycles. The van der Waals surface area contributed by atoms with Gasteiger partial charge < -0.3 is 14.2 Å². The summed E-state index contributed by atoms with van der Waals surface area (Å²) in [6, 6.07) is 7.74. The molecule has 7 heteroatoms. The van der Waals surface area contributed by atoms with Crippen LogP contribution in [0.4, 0.5) is 0 Å². The number of hydrogen-bond donors (Lipinski definition) is 0. The van der Waals surface area contributed by atoms with Crippen LogP contribution < -0.4 is 4.74 Å². The molecule has 3 rings (SSSR count). The molecular weight excluding hydrogens is 348 g/mol. The molecule has 140 valence electrons. The largest absolute Gasteiger partial charge is 0.496 e. The van der Waals surface area contributed by atoms with Crippen molar-refractivity contribution in [2.75, 3.05) is 26.0 Å². The second kappa shape index (κ2) is 9.07. The lowest BCUT2D eigenvalue weighted by Gasteiger charge is -2.24. The van der Waals surface area contributed by atoms with Crippen LogP contribution in [0.15, 0.2) is 29.4 Å². The molecule has 0 aliphatic carbocycles. The molecule has 0 bridgehead atoms. The van der Waals surface area contributed by atoms with Crippen LogP contribution in [0, 0.1) is 0 Å². The molecule has 2 heterocycles. The SMILES string of the molecule is COc1ccccc1-c1nnc(SCC(=O)N2CCCCCCC2)n1C. The Morgan fingerprint density at radius 1 is 1.12 bits per heavy atom. The van der Waals surface area contributed by atoms with Crippen molar-refractivity contribution >= 4 is 17.7 Å². The molecule has 1 aliphatic heterocycles. The fourth-order valence-electron chi connectivity index (χ4n) is 3.22. The molecule has 0 radical (unpaired) electrons. The van der Waals surface area contributed by atoms with Gasteiger partial charge in [-0.2, -0.15) is 0 Å². The lowest BCUT2D eigenvalue weighted by atomic mass is 10.1. The van der Waals surface area contributed by atoms with E-state index in [9.17, 15) is 4.79 Å². The van der Waals surface area contributed by atoms with Gasteiger partial charge in [0.15, 0.2) is 11.0 Å². The quantitative estimate of drug-likeness (QED) is 0.751. The van der Waals surface area contributed by atoms with E-state index in [0.29, 0.717) is 5.75 Å². The average Bonchev–Trinajstić information content (AvgIpc) is 3.00. The minimum atomic E-state index is 0.193. The van der Waals surface area contributed by atoms with Crippen LogP contribution in [0.5, 0.6) is 5.75 Å². The summed E-state index contributed by atoms with van der Waals surface area (Å²) < 4.78 is 7.33. The number of amides is 1. The molecule has 1 fully saturated rings. The minimum absolute atomic E-state index is 0.193. The van der Waals surface area contributed by atoms with Gasteiger partial charge in [0.25, 0.3) is 0 Å². The highest BCUT2D eigenvalue weighted by Crippen LogP contribution is 2.30. The maximum absolute atomic E-state index is 12.6. The van der Waals surface area contributed by atoms with Crippen molar-refractivity contribution < 1.29 is 9.53 Å². The first kappa shape index (κ1) is 18.8. The summed E-state index contributed by atoms with van der Waals surface area (Å²) in [7, 11) is 3.57. The van der Waals surface area contributed by atoms with Crippen LogP contribution >= 0.6 is 11.8 Å². The average molecular weight is 375 g/mol. The van der Waals surface area contributed by atoms with Gasteiger partial charge in [-0.15, -0.1) is 10.2 Å². The Kier molecular flexibility index (Phi) is 6.55. The number of rotatable bonds is 5. The predicted octanol–water partition coefficient (Wildman–Crippen LogP) is 3.38. The Bertz CT molecular complexity index is 739. The van der Waals surface area contributed by atoms with Crippen LogP contribution in [0.25, 0.3) is 11.4 Å². The van der Waals surface area contributed by atoms with E-state index in [-0.39, 0.29) is 5.91 Å². The number of para-hydroxylation sites is 1. The number of aromatic nitrogens is 3. The Hall–Kier alpha value is -2.02. The number of hydrogen-bond acceptors (Lipinski definition) is 5. The zero-order chi connectivity index (χ0) is 18.4. The smallest absolute Gasteiger partial charge is 0.233 e. The van der Waals surface area contributed by atoms with E-state index in [2.05, 4.69) is 10.2 Å². The van der Waals surface area contributed by atoms with Crippen LogP contribution in [0.3, 0.4) is 0 Å². The molecule has 26 heavy (non-hydrogen) atoms. The summed E-state index contributed by atoms with van der Waals surface area (Å²) in [6.45, 7) is 1.76. The summed E-state index contributed by atoms with van der Waals surface area (Å²) in [5.74, 6) is 2.09. The third-order valence-electron chi connectivity index (χ3n) is 4.72. The topological polar surface area (TPSA) is 60.3 Å². The number of methoxy groups -OCH3 is 1. The molecule has 2 aromatic rings. The van der Waals surface area contributed by atoms with Crippen molar-refractivity contribution in [1.82, 2.24) is 19.7 Å². The van der Waals surface area contributed by atoms with Gasteiger partial charge in [0.2, 0.25) is 5.91 Å². The van der Waals surface area contributed by atoms with Gasteiger partial charge in [-0.25, -0.2) is 0 Å². The van der Waals surface area contributed by atoms with Gasteiger partial charge in [0.1, 0.15) is 5.75 Å². The summed E-state index contributed by atoms with van der Waals surface area (Å²) in [4.78, 5) is 14.6. The van der Waals surface area contributed by atoms with Gasteiger partial charge in [0.05, 0.1) is 18.4 Å². The lowest BCUT2D eigenvalue weighted by Crippen LogP contribution is -2.35. The van der Waals surface area contributed by atoms with Crippen molar-refractivity contribution in [1.29, 1.82) is 0 Å². The summed E-state index contributed by atoms with van der Waals surface area (Å²) in [6.07, 6.45) is 5.96. The first-order chi connectivity index (χ1) is 12.7. The molecule has 1 saturated heterocycles. The number of nitrogens with zero attached hydrogens (tertiary/aromatic N) is 4. The van der Waals surface area contributed by atoms with Crippen LogP contribution in [-0.4, -0.2) is 51.5 Å². The Labute approximate surface area is 158 Å². The van der Waals surface area contributed by atoms with E-state index < -0.39 is 0 Å². The third kappa shape index (κ3) is 4.38. The standard InChI is InChI=1S/C19H26N4O2S/c1-22-18(15-10-6-7-11-16(15)25-2)20-21-19(22)26-14-17(24)23-12-8-4-3-5-9-13-23/h6-7,10-11H,3-5,8-9,12-14H2,1-2H3. The normalized spacial score (nSPS) is 15.4. The number of carbonyl (C=O) groups is 1. The molecule has 0 atom stereocenters. The minimum Gasteiger partial charge on any atom is -0.496 e. The number of benzene rings is 1. The summed E-state index contributed by atoms with van der Waals surface area (Å²) in [5.41, 5.74) is 0.895. The second-order valence-electron chi connectivity index (χ2n) is 6.50. The van der Waals surface area contributed by atoms with Crippen molar-refractivity contribution in [3.63, 3.8) is 0 Å². The molecule has 1 aromatic heterocycles. The van der Waals surface area contributed by atoms with Crippen LogP contribution in [0.1, 0.15) is 32.1 Å². The van der Waals surface area contributed by atoms with E-state index in [4.69, 9.17) is 4.74 Å². The number of likely N-dealkylation sites (tertiary alicyclic amines) is 1. The third-order valence-corrected chi connectivity index (χ3v) is 5.72. The van der Waals surface area contributed by atoms with E-state index in [0.717, 1.165) is 48.2 Å². The van der Waals surface area contributed by atoms with E-state index in [1.54, 1.807) is 7.11 Å². The van der Waals surface area contributed by atoms with E-state index in [1.165, 1.54) is 31.0 Å². The zero-order valence-electron chi connectivity index (χ0n) is 15.5. The summed E-state index contributed by atoms with van der Waals surface area (Å²) in [5, 5.41) is 9.31. The molecule has 0 N–H and O–H groups in total. The van der Waals surface area contributed by atoms with Gasteiger partial charge in [-0.05, 0) is 25.0 Å². The molecule has 6 nitrogen and oxygen atoms in total. The molecule has 1 amide bonds. The maximum Gasteiger partial charge on any atom is 0.233 e. The second-order valence-corrected chi connectivity index (χ2v) is 7.45. The van der Waals surface area contributed by atoms with Gasteiger partial charge in [-0.1, -0.05) is 43.2 Å². The fraction of sp³-hybridized carbons (Fsp3) is 0.526. The highest BCUT2D eigenvalue weighted by Gasteiger charge is 2.18. The molecule has 1 aliphatic rings. The number of thioether (sulfide) groups is 1. The van der Waals surface area contributed by atoms with E-state index >= 15 is 0 Å². The van der Waals surface area contributed by atoms with E-state index in [1.807, 2.05) is 40.8 Å². The highest BCUT2D eigenvalue weighted by molar-refractivity contribution is 7.99. The van der Waals surface area contributed by atoms with Gasteiger partial charge in [-0.3, -0.25) is 4.79 Å². The molecule has 0 unspecified atom stereocenters. The number of ether oxygens (including phenoxy) is 1. The van der Waals surface area contributed by atoms with Crippen LogP contribution in [0.2, 0.25) is 0 Å². The molecule has 1 aromatic carbocycles. The van der Waals surface area contributed by atoms with Crippen molar-refractivity contribution in [2.24, 2.45) is 7.05 Å². The lowest BCUT2D eigenvalue weighted by molar-refractivity contribution is -0.128. The van der Waals surface area contributed by atoms with Crippen molar-refractivity contribution in [3.05, 3.63) is 24.3 Å². The Morgan fingerprint density at radius 2 is 1.81 bits per heavy atom. The first-order valence-corrected chi connectivity index (χ1v) is 10.1. The fourth-order valence-corrected chi connectivity index (χ4v) is 4.03. The monoisotopic (exact) mass is 374 g/mol. The van der Waals surface area contributed by atoms with Gasteiger partial charge >= 0.3 is 0 Å². The zero-order valence-corrected chi connectivity index (χ0v) is 16.3. The Morgan fingerprint density at radius 3 is 2.54 bits per heavy atom. The maximum atomic E-state index is 12.6. The molecule has 0 spiro atoms. The highest BCUT2D eigenvalue weighted by atomic mass is 32.2. The van der Waals surface area contributed by atoms with Crippen molar-refractivity contribution in [3.8, 4) is 17.1 Å². The first-order valence-electron chi connectivity index (χ1n) is 9.14.